The normalized spacial score (nSPS) is 11.0. The lowest BCUT2D eigenvalue weighted by Crippen LogP contribution is -2.19. The average Bonchev–Trinajstić information content (AvgIpc) is 3.18. The quantitative estimate of drug-likeness (QED) is 0.449. The highest BCUT2D eigenvalue weighted by Crippen LogP contribution is 2.31. The fourth-order valence-corrected chi connectivity index (χ4v) is 3.76. The lowest BCUT2D eigenvalue weighted by Gasteiger charge is -2.08. The van der Waals surface area contributed by atoms with Crippen molar-refractivity contribution in [3.05, 3.63) is 85.1 Å². The van der Waals surface area contributed by atoms with E-state index in [-0.39, 0.29) is 12.5 Å². The summed E-state index contributed by atoms with van der Waals surface area (Å²) in [4.78, 5) is 17.5. The van der Waals surface area contributed by atoms with Crippen LogP contribution in [0.25, 0.3) is 33.1 Å². The summed E-state index contributed by atoms with van der Waals surface area (Å²) in [5.41, 5.74) is 4.23. The number of carbonyl (C=O) groups is 1. The molecule has 0 saturated heterocycles. The van der Waals surface area contributed by atoms with Crippen LogP contribution >= 0.6 is 0 Å². The molecular formula is C25H20N4O2. The van der Waals surface area contributed by atoms with E-state index in [0.717, 1.165) is 33.1 Å². The monoisotopic (exact) mass is 408 g/mol. The molecule has 6 nitrogen and oxygen atoms in total. The van der Waals surface area contributed by atoms with Crippen LogP contribution in [0.4, 0.5) is 5.69 Å². The van der Waals surface area contributed by atoms with Gasteiger partial charge in [-0.15, -0.1) is 0 Å². The largest absolute Gasteiger partial charge is 0.497 e. The number of benzene rings is 3. The van der Waals surface area contributed by atoms with E-state index in [0.29, 0.717) is 11.4 Å². The molecule has 0 aliphatic rings. The molecule has 2 aromatic heterocycles. The highest BCUT2D eigenvalue weighted by molar-refractivity contribution is 6.08. The van der Waals surface area contributed by atoms with Gasteiger partial charge < -0.3 is 10.1 Å². The Kier molecular flexibility index (Phi) is 4.80. The van der Waals surface area contributed by atoms with Gasteiger partial charge in [0.25, 0.3) is 0 Å². The van der Waals surface area contributed by atoms with Gasteiger partial charge in [0.15, 0.2) is 0 Å². The Labute approximate surface area is 179 Å². The van der Waals surface area contributed by atoms with Crippen LogP contribution in [0.3, 0.4) is 0 Å². The average molecular weight is 408 g/mol. The molecule has 0 unspecified atom stereocenters. The number of hydrogen-bond donors (Lipinski definition) is 1. The number of rotatable bonds is 5. The Hall–Kier alpha value is -4.19. The summed E-state index contributed by atoms with van der Waals surface area (Å²) in [5, 5.41) is 9.63. The van der Waals surface area contributed by atoms with Gasteiger partial charge in [0.2, 0.25) is 5.91 Å². The van der Waals surface area contributed by atoms with Gasteiger partial charge in [0.1, 0.15) is 18.0 Å². The molecule has 0 aliphatic carbocycles. The lowest BCUT2D eigenvalue weighted by molar-refractivity contribution is -0.116. The van der Waals surface area contributed by atoms with Crippen molar-refractivity contribution in [2.75, 3.05) is 12.4 Å². The zero-order valence-electron chi connectivity index (χ0n) is 16.9. The molecule has 3 aromatic carbocycles. The highest BCUT2D eigenvalue weighted by Gasteiger charge is 2.17. The van der Waals surface area contributed by atoms with Crippen LogP contribution in [0.15, 0.2) is 85.1 Å². The second-order valence-corrected chi connectivity index (χ2v) is 7.19. The van der Waals surface area contributed by atoms with Crippen LogP contribution < -0.4 is 10.1 Å². The summed E-state index contributed by atoms with van der Waals surface area (Å²) >= 11 is 0. The van der Waals surface area contributed by atoms with Gasteiger partial charge in [-0.25, -0.2) is 0 Å². The first-order valence-corrected chi connectivity index (χ1v) is 9.96. The molecule has 5 rings (SSSR count). The summed E-state index contributed by atoms with van der Waals surface area (Å²) in [5.74, 6) is 0.518. The molecule has 1 amide bonds. The molecule has 0 spiro atoms. The second kappa shape index (κ2) is 7.91. The van der Waals surface area contributed by atoms with E-state index >= 15 is 0 Å². The predicted octanol–water partition coefficient (Wildman–Crippen LogP) is 4.90. The molecule has 0 atom stereocenters. The summed E-state index contributed by atoms with van der Waals surface area (Å²) < 4.78 is 7.00. The molecule has 0 radical (unpaired) electrons. The van der Waals surface area contributed by atoms with Crippen LogP contribution in [0.5, 0.6) is 5.75 Å². The highest BCUT2D eigenvalue weighted by atomic mass is 16.5. The number of hydrogen-bond acceptors (Lipinski definition) is 4. The van der Waals surface area contributed by atoms with E-state index < -0.39 is 0 Å². The number of carbonyl (C=O) groups excluding carboxylic acids is 1. The molecule has 6 heteroatoms. The van der Waals surface area contributed by atoms with Crippen molar-refractivity contribution in [3.8, 4) is 17.0 Å². The van der Waals surface area contributed by atoms with Gasteiger partial charge in [0, 0.05) is 34.3 Å². The Balaban J connectivity index is 1.58. The maximum atomic E-state index is 12.9. The number of amides is 1. The Morgan fingerprint density at radius 1 is 0.968 bits per heavy atom. The van der Waals surface area contributed by atoms with Gasteiger partial charge >= 0.3 is 0 Å². The number of anilines is 1. The van der Waals surface area contributed by atoms with E-state index in [1.165, 1.54) is 0 Å². The third kappa shape index (κ3) is 3.59. The molecule has 31 heavy (non-hydrogen) atoms. The van der Waals surface area contributed by atoms with Crippen LogP contribution in [0.2, 0.25) is 0 Å². The number of methoxy groups -OCH3 is 1. The number of fused-ring (bicyclic) bond motifs is 3. The van der Waals surface area contributed by atoms with E-state index in [1.54, 1.807) is 17.9 Å². The van der Waals surface area contributed by atoms with Crippen molar-refractivity contribution in [2.24, 2.45) is 0 Å². The van der Waals surface area contributed by atoms with Crippen molar-refractivity contribution in [2.45, 2.75) is 6.54 Å². The molecule has 5 aromatic rings. The Morgan fingerprint density at radius 3 is 2.61 bits per heavy atom. The lowest BCUT2D eigenvalue weighted by atomic mass is 10.1. The topological polar surface area (TPSA) is 69.0 Å². The van der Waals surface area contributed by atoms with E-state index in [4.69, 9.17) is 9.84 Å². The minimum atomic E-state index is -0.168. The number of nitrogens with zero attached hydrogens (tertiary/aromatic N) is 3. The number of ether oxygens (including phenoxy) is 1. The summed E-state index contributed by atoms with van der Waals surface area (Å²) in [7, 11) is 1.60. The number of aromatic nitrogens is 3. The first-order valence-electron chi connectivity index (χ1n) is 9.96. The van der Waals surface area contributed by atoms with Crippen LogP contribution in [-0.4, -0.2) is 27.8 Å². The van der Waals surface area contributed by atoms with Crippen LogP contribution in [-0.2, 0) is 11.3 Å². The van der Waals surface area contributed by atoms with Crippen molar-refractivity contribution in [1.82, 2.24) is 14.8 Å². The van der Waals surface area contributed by atoms with E-state index in [9.17, 15) is 4.79 Å². The molecule has 0 bridgehead atoms. The first-order chi connectivity index (χ1) is 15.2. The predicted molar refractivity (Wildman–Crippen MR) is 122 cm³/mol. The summed E-state index contributed by atoms with van der Waals surface area (Å²) in [6.07, 6.45) is 1.84. The summed E-state index contributed by atoms with van der Waals surface area (Å²) in [6, 6.07) is 25.1. The molecule has 2 heterocycles. The third-order valence-electron chi connectivity index (χ3n) is 5.18. The van der Waals surface area contributed by atoms with Gasteiger partial charge in [-0.3, -0.25) is 14.5 Å². The van der Waals surface area contributed by atoms with Gasteiger partial charge in [-0.2, -0.15) is 5.10 Å². The fraction of sp³-hybridized carbons (Fsp3) is 0.0800. The number of pyridine rings is 1. The fourth-order valence-electron chi connectivity index (χ4n) is 3.76. The van der Waals surface area contributed by atoms with Gasteiger partial charge in [-0.1, -0.05) is 54.6 Å². The smallest absolute Gasteiger partial charge is 0.246 e. The molecular weight excluding hydrogens is 388 g/mol. The zero-order chi connectivity index (χ0) is 21.2. The molecule has 152 valence electrons. The minimum absolute atomic E-state index is 0.0779. The maximum absolute atomic E-state index is 12.9. The van der Waals surface area contributed by atoms with Crippen molar-refractivity contribution in [1.29, 1.82) is 0 Å². The second-order valence-electron chi connectivity index (χ2n) is 7.19. The zero-order valence-corrected chi connectivity index (χ0v) is 16.9. The Bertz CT molecular complexity index is 1390. The number of para-hydroxylation sites is 1. The van der Waals surface area contributed by atoms with Gasteiger partial charge in [-0.05, 0) is 18.2 Å². The van der Waals surface area contributed by atoms with Crippen molar-refractivity contribution >= 4 is 33.4 Å². The number of nitrogens with one attached hydrogen (secondary N) is 1. The van der Waals surface area contributed by atoms with Crippen LogP contribution in [0.1, 0.15) is 0 Å². The van der Waals surface area contributed by atoms with E-state index in [1.807, 2.05) is 79.0 Å². The van der Waals surface area contributed by atoms with Crippen molar-refractivity contribution in [3.63, 3.8) is 0 Å². The first kappa shape index (κ1) is 18.8. The summed E-state index contributed by atoms with van der Waals surface area (Å²) in [6.45, 7) is 0.0779. The van der Waals surface area contributed by atoms with Crippen LogP contribution in [0, 0.1) is 0 Å². The molecule has 0 aliphatic heterocycles. The Morgan fingerprint density at radius 2 is 1.77 bits per heavy atom. The maximum Gasteiger partial charge on any atom is 0.246 e. The molecule has 1 N–H and O–H groups in total. The minimum Gasteiger partial charge on any atom is -0.497 e. The standard InChI is InChI=1S/C25H20N4O2/c1-31-19-11-7-10-18(14-19)27-23(30)16-29-25-20-12-5-6-13-22(20)26-15-21(25)24(28-29)17-8-3-2-4-9-17/h2-15H,16H2,1H3,(H,27,30). The van der Waals surface area contributed by atoms with Gasteiger partial charge in [0.05, 0.1) is 18.1 Å². The molecule has 0 fully saturated rings. The molecule has 0 saturated carbocycles. The van der Waals surface area contributed by atoms with E-state index in [2.05, 4.69) is 10.3 Å². The third-order valence-corrected chi connectivity index (χ3v) is 5.18. The van der Waals surface area contributed by atoms with Crippen molar-refractivity contribution < 1.29 is 9.53 Å². The SMILES string of the molecule is COc1cccc(NC(=O)Cn2nc(-c3ccccc3)c3cnc4ccccc4c32)c1.